The van der Waals surface area contributed by atoms with Gasteiger partial charge in [0, 0.05) is 25.7 Å². The van der Waals surface area contributed by atoms with E-state index in [1.165, 1.54) is 205 Å². The van der Waals surface area contributed by atoms with Crippen molar-refractivity contribution in [2.24, 2.45) is 17.8 Å². The van der Waals surface area contributed by atoms with Gasteiger partial charge in [0.15, 0.2) is 12.2 Å². The quantitative estimate of drug-likeness (QED) is 0.0222. The van der Waals surface area contributed by atoms with Gasteiger partial charge in [-0.05, 0) is 43.4 Å². The Kier molecular flexibility index (Phi) is 66.2. The molecule has 96 heavy (non-hydrogen) atoms. The second-order valence-corrected chi connectivity index (χ2v) is 32.1. The van der Waals surface area contributed by atoms with Crippen molar-refractivity contribution >= 4 is 39.5 Å². The Hall–Kier alpha value is -1.94. The lowest BCUT2D eigenvalue weighted by atomic mass is 10.0. The standard InChI is InChI=1S/C77H150O17P2/c1-8-9-10-11-12-13-30-37-44-51-58-74(79)87-65-73(94-77(82)61-54-47-40-33-36-43-50-57-70(6)7)67-92-96(85,86)90-63-71(78)62-89-95(83,84)91-66-72(93-76(81)60-53-46-39-32-27-23-19-15-17-21-25-29-35-42-49-56-69(4)5)64-88-75(80)59-52-45-38-31-26-22-18-14-16-20-24-28-34-41-48-55-68(2)3/h68-73,78H,8-67H2,1-7H3,(H,83,84)(H,85,86)/t71-,72-,73-/m1/s1. The summed E-state index contributed by atoms with van der Waals surface area (Å²) in [5.41, 5.74) is 0. The van der Waals surface area contributed by atoms with Crippen LogP contribution in [0.25, 0.3) is 0 Å². The van der Waals surface area contributed by atoms with E-state index in [0.717, 1.165) is 102 Å². The highest BCUT2D eigenvalue weighted by molar-refractivity contribution is 7.47. The highest BCUT2D eigenvalue weighted by atomic mass is 31.2. The first-order chi connectivity index (χ1) is 46.2. The largest absolute Gasteiger partial charge is 0.472 e. The molecule has 0 saturated heterocycles. The topological polar surface area (TPSA) is 237 Å². The third-order valence-electron chi connectivity index (χ3n) is 17.9. The molecule has 0 fully saturated rings. The second-order valence-electron chi connectivity index (χ2n) is 29.2. The molecule has 0 aromatic carbocycles. The van der Waals surface area contributed by atoms with Gasteiger partial charge in [-0.25, -0.2) is 9.13 Å². The van der Waals surface area contributed by atoms with E-state index in [-0.39, 0.29) is 25.7 Å². The summed E-state index contributed by atoms with van der Waals surface area (Å²) in [5, 5.41) is 10.6. The minimum absolute atomic E-state index is 0.104. The SMILES string of the molecule is CCCCCCCCCCCCC(=O)OC[C@H](COP(=O)(O)OC[C@H](O)COP(=O)(O)OC[C@@H](COC(=O)CCCCCCCCCCCCCCCCCC(C)C)OC(=O)CCCCCCCCCCCCCCCCCC(C)C)OC(=O)CCCCCCCCCC(C)C. The molecule has 0 radical (unpaired) electrons. The van der Waals surface area contributed by atoms with E-state index in [1.54, 1.807) is 0 Å². The summed E-state index contributed by atoms with van der Waals surface area (Å²) in [6, 6.07) is 0. The van der Waals surface area contributed by atoms with Crippen LogP contribution in [0.5, 0.6) is 0 Å². The Labute approximate surface area is 588 Å². The minimum atomic E-state index is -4.96. The summed E-state index contributed by atoms with van der Waals surface area (Å²) in [6.45, 7) is 11.9. The Morgan fingerprint density at radius 3 is 0.708 bits per heavy atom. The lowest BCUT2D eigenvalue weighted by Gasteiger charge is -2.21. The summed E-state index contributed by atoms with van der Waals surface area (Å²) < 4.78 is 68.5. The van der Waals surface area contributed by atoms with E-state index in [2.05, 4.69) is 48.5 Å². The zero-order valence-electron chi connectivity index (χ0n) is 62.8. The van der Waals surface area contributed by atoms with Gasteiger partial charge in [0.05, 0.1) is 26.4 Å². The number of aliphatic hydroxyl groups is 1. The molecule has 0 heterocycles. The van der Waals surface area contributed by atoms with Crippen molar-refractivity contribution in [2.45, 2.75) is 414 Å². The highest BCUT2D eigenvalue weighted by Crippen LogP contribution is 2.45. The highest BCUT2D eigenvalue weighted by Gasteiger charge is 2.30. The van der Waals surface area contributed by atoms with Gasteiger partial charge >= 0.3 is 39.5 Å². The molecule has 2 unspecified atom stereocenters. The number of phosphoric ester groups is 2. The van der Waals surface area contributed by atoms with Crippen LogP contribution in [-0.2, 0) is 65.4 Å². The molecule has 0 aliphatic heterocycles. The first-order valence-electron chi connectivity index (χ1n) is 39.8. The number of ether oxygens (including phenoxy) is 4. The Morgan fingerprint density at radius 1 is 0.281 bits per heavy atom. The zero-order valence-corrected chi connectivity index (χ0v) is 64.6. The van der Waals surface area contributed by atoms with E-state index in [4.69, 9.17) is 37.0 Å². The van der Waals surface area contributed by atoms with E-state index in [9.17, 15) is 43.2 Å². The van der Waals surface area contributed by atoms with Gasteiger partial charge in [-0.1, -0.05) is 344 Å². The fourth-order valence-corrected chi connectivity index (χ4v) is 13.4. The summed E-state index contributed by atoms with van der Waals surface area (Å²) in [5.74, 6) is 0.186. The zero-order chi connectivity index (χ0) is 70.9. The van der Waals surface area contributed by atoms with Crippen molar-refractivity contribution < 1.29 is 80.2 Å². The van der Waals surface area contributed by atoms with E-state index in [0.29, 0.717) is 31.6 Å². The molecule has 17 nitrogen and oxygen atoms in total. The monoisotopic (exact) mass is 1410 g/mol. The summed E-state index contributed by atoms with van der Waals surface area (Å²) in [4.78, 5) is 72.8. The summed E-state index contributed by atoms with van der Waals surface area (Å²) >= 11 is 0. The number of hydrogen-bond donors (Lipinski definition) is 3. The lowest BCUT2D eigenvalue weighted by Crippen LogP contribution is -2.30. The van der Waals surface area contributed by atoms with Crippen molar-refractivity contribution in [2.75, 3.05) is 39.6 Å². The number of aliphatic hydroxyl groups excluding tert-OH is 1. The molecule has 0 aromatic heterocycles. The maximum Gasteiger partial charge on any atom is 0.472 e. The van der Waals surface area contributed by atoms with Gasteiger partial charge in [-0.3, -0.25) is 37.3 Å². The Balaban J connectivity index is 5.21. The first-order valence-corrected chi connectivity index (χ1v) is 42.8. The summed E-state index contributed by atoms with van der Waals surface area (Å²) in [7, 11) is -9.91. The average molecular weight is 1410 g/mol. The van der Waals surface area contributed by atoms with Crippen LogP contribution in [0.4, 0.5) is 0 Å². The van der Waals surface area contributed by atoms with Crippen LogP contribution in [0.3, 0.4) is 0 Å². The van der Waals surface area contributed by atoms with Gasteiger partial charge in [0.1, 0.15) is 19.3 Å². The molecular formula is C77H150O17P2. The molecule has 0 aliphatic carbocycles. The minimum Gasteiger partial charge on any atom is -0.462 e. The van der Waals surface area contributed by atoms with Crippen LogP contribution in [0, 0.1) is 17.8 Å². The van der Waals surface area contributed by atoms with Gasteiger partial charge < -0.3 is 33.8 Å². The van der Waals surface area contributed by atoms with Gasteiger partial charge in [0.25, 0.3) is 0 Å². The number of phosphoric acid groups is 2. The Morgan fingerprint density at radius 2 is 0.479 bits per heavy atom. The van der Waals surface area contributed by atoms with E-state index >= 15 is 0 Å². The number of esters is 4. The lowest BCUT2D eigenvalue weighted by molar-refractivity contribution is -0.161. The maximum atomic E-state index is 13.1. The molecule has 3 N–H and O–H groups in total. The molecule has 570 valence electrons. The van der Waals surface area contributed by atoms with Gasteiger partial charge in [-0.15, -0.1) is 0 Å². The van der Waals surface area contributed by atoms with Crippen LogP contribution >= 0.6 is 15.6 Å². The third-order valence-corrected chi connectivity index (χ3v) is 19.8. The van der Waals surface area contributed by atoms with Crippen LogP contribution < -0.4 is 0 Å². The number of hydrogen-bond acceptors (Lipinski definition) is 15. The third kappa shape index (κ3) is 70.5. The fourth-order valence-electron chi connectivity index (χ4n) is 11.8. The molecule has 0 aliphatic rings. The predicted octanol–water partition coefficient (Wildman–Crippen LogP) is 22.6. The molecule has 0 spiro atoms. The van der Waals surface area contributed by atoms with E-state index < -0.39 is 97.5 Å². The predicted molar refractivity (Wildman–Crippen MR) is 391 cm³/mol. The molecule has 5 atom stereocenters. The molecule has 19 heteroatoms. The average Bonchev–Trinajstić information content (AvgIpc) is 1.23. The van der Waals surface area contributed by atoms with Crippen LogP contribution in [0.2, 0.25) is 0 Å². The number of carbonyl (C=O) groups is 4. The first kappa shape index (κ1) is 94.1. The number of unbranched alkanes of at least 4 members (excludes halogenated alkanes) is 43. The maximum absolute atomic E-state index is 13.1. The molecule has 0 aromatic rings. The van der Waals surface area contributed by atoms with Crippen LogP contribution in [0.1, 0.15) is 395 Å². The van der Waals surface area contributed by atoms with Crippen LogP contribution in [0.15, 0.2) is 0 Å². The van der Waals surface area contributed by atoms with Crippen molar-refractivity contribution in [1.29, 1.82) is 0 Å². The molecule has 0 saturated carbocycles. The van der Waals surface area contributed by atoms with Crippen LogP contribution in [-0.4, -0.2) is 96.7 Å². The normalized spacial score (nSPS) is 14.1. The number of rotatable bonds is 75. The van der Waals surface area contributed by atoms with E-state index in [1.807, 2.05) is 0 Å². The fraction of sp³-hybridized carbons (Fsp3) is 0.948. The van der Waals surface area contributed by atoms with Crippen molar-refractivity contribution in [3.63, 3.8) is 0 Å². The van der Waals surface area contributed by atoms with Crippen molar-refractivity contribution in [3.05, 3.63) is 0 Å². The van der Waals surface area contributed by atoms with Gasteiger partial charge in [0.2, 0.25) is 0 Å². The van der Waals surface area contributed by atoms with Crippen molar-refractivity contribution in [1.82, 2.24) is 0 Å². The second kappa shape index (κ2) is 67.5. The summed E-state index contributed by atoms with van der Waals surface area (Å²) in [6.07, 6.45) is 54.2. The molecule has 0 rings (SSSR count). The molecule has 0 amide bonds. The van der Waals surface area contributed by atoms with Crippen molar-refractivity contribution in [3.8, 4) is 0 Å². The van der Waals surface area contributed by atoms with Gasteiger partial charge in [-0.2, -0.15) is 0 Å². The molecular weight excluding hydrogens is 1260 g/mol. The number of carbonyl (C=O) groups excluding carboxylic acids is 4. The Bertz CT molecular complexity index is 1870. The smallest absolute Gasteiger partial charge is 0.462 e. The molecule has 0 bridgehead atoms.